The molecule has 0 amide bonds. The van der Waals surface area contributed by atoms with Crippen LogP contribution in [0.2, 0.25) is 0 Å². The third kappa shape index (κ3) is 2.81. The summed E-state index contributed by atoms with van der Waals surface area (Å²) in [4.78, 5) is 11.4. The van der Waals surface area contributed by atoms with E-state index in [1.807, 2.05) is 0 Å². The summed E-state index contributed by atoms with van der Waals surface area (Å²) < 4.78 is 13.1. The van der Waals surface area contributed by atoms with E-state index in [2.05, 4.69) is 30.4 Å². The van der Waals surface area contributed by atoms with Gasteiger partial charge in [-0.25, -0.2) is 4.39 Å². The predicted molar refractivity (Wildman–Crippen MR) is 87.4 cm³/mol. The normalized spacial score (nSPS) is 15.1. The molecule has 0 unspecified atom stereocenters. The zero-order valence-electron chi connectivity index (χ0n) is 12.6. The van der Waals surface area contributed by atoms with Gasteiger partial charge in [0.1, 0.15) is 11.6 Å². The number of anilines is 3. The number of aromatic nitrogens is 4. The highest BCUT2D eigenvalue weighted by Crippen LogP contribution is 2.26. The summed E-state index contributed by atoms with van der Waals surface area (Å²) in [7, 11) is 0. The van der Waals surface area contributed by atoms with Gasteiger partial charge in [0.15, 0.2) is 5.65 Å². The molecule has 4 rings (SSSR count). The Morgan fingerprint density at radius 2 is 1.83 bits per heavy atom. The first-order chi connectivity index (χ1) is 11.3. The van der Waals surface area contributed by atoms with Crippen LogP contribution in [-0.4, -0.2) is 33.3 Å². The highest BCUT2D eigenvalue weighted by molar-refractivity contribution is 5.89. The molecule has 0 bridgehead atoms. The van der Waals surface area contributed by atoms with Crippen molar-refractivity contribution in [1.29, 1.82) is 0 Å². The first-order valence-corrected chi connectivity index (χ1v) is 7.78. The number of hydrogen-bond donors (Lipinski definition) is 2. The Morgan fingerprint density at radius 3 is 2.61 bits per heavy atom. The van der Waals surface area contributed by atoms with Gasteiger partial charge in [-0.05, 0) is 43.5 Å². The number of halogens is 1. The fourth-order valence-electron chi connectivity index (χ4n) is 2.82. The lowest BCUT2D eigenvalue weighted by molar-refractivity contribution is 0.569. The van der Waals surface area contributed by atoms with Crippen LogP contribution in [0.4, 0.5) is 21.8 Å². The first-order valence-electron chi connectivity index (χ1n) is 7.78. The van der Waals surface area contributed by atoms with Crippen LogP contribution in [0.3, 0.4) is 0 Å². The maximum atomic E-state index is 13.1. The van der Waals surface area contributed by atoms with Gasteiger partial charge >= 0.3 is 0 Å². The lowest BCUT2D eigenvalue weighted by atomic mass is 10.1. The zero-order valence-corrected chi connectivity index (χ0v) is 12.6. The third-order valence-corrected chi connectivity index (χ3v) is 4.04. The molecule has 23 heavy (non-hydrogen) atoms. The fraction of sp³-hybridized carbons (Fsp3) is 0.312. The van der Waals surface area contributed by atoms with E-state index < -0.39 is 0 Å². The second-order valence-electron chi connectivity index (χ2n) is 5.68. The molecule has 2 aromatic heterocycles. The maximum Gasteiger partial charge on any atom is 0.229 e. The van der Waals surface area contributed by atoms with Crippen LogP contribution in [0.1, 0.15) is 19.3 Å². The minimum atomic E-state index is -0.263. The summed E-state index contributed by atoms with van der Waals surface area (Å²) in [5.41, 5.74) is 1.47. The molecule has 6 nitrogen and oxygen atoms in total. The van der Waals surface area contributed by atoms with E-state index in [4.69, 9.17) is 0 Å². The highest BCUT2D eigenvalue weighted by atomic mass is 19.1. The molecule has 0 saturated carbocycles. The average Bonchev–Trinajstić information content (AvgIpc) is 3.06. The maximum absolute atomic E-state index is 13.1. The Kier molecular flexibility index (Phi) is 3.53. The first kappa shape index (κ1) is 13.9. The van der Waals surface area contributed by atoms with Gasteiger partial charge in [-0.15, -0.1) is 0 Å². The minimum absolute atomic E-state index is 0.263. The van der Waals surface area contributed by atoms with Gasteiger partial charge in [-0.2, -0.15) is 15.1 Å². The molecule has 0 aliphatic carbocycles. The van der Waals surface area contributed by atoms with Crippen molar-refractivity contribution in [2.75, 3.05) is 23.3 Å². The van der Waals surface area contributed by atoms with Crippen molar-refractivity contribution in [2.24, 2.45) is 0 Å². The number of nitrogens with zero attached hydrogens (tertiary/aromatic N) is 4. The largest absolute Gasteiger partial charge is 0.341 e. The van der Waals surface area contributed by atoms with E-state index in [9.17, 15) is 4.39 Å². The van der Waals surface area contributed by atoms with Crippen LogP contribution in [0.5, 0.6) is 0 Å². The number of aromatic amines is 1. The molecule has 1 aromatic carbocycles. The molecular weight excluding hydrogens is 295 g/mol. The average molecular weight is 312 g/mol. The molecule has 2 N–H and O–H groups in total. The number of piperidine rings is 1. The van der Waals surface area contributed by atoms with Crippen molar-refractivity contribution in [2.45, 2.75) is 19.3 Å². The summed E-state index contributed by atoms with van der Waals surface area (Å²) in [5, 5.41) is 11.0. The number of nitrogens with one attached hydrogen (secondary N) is 2. The van der Waals surface area contributed by atoms with Crippen LogP contribution in [0.25, 0.3) is 11.0 Å². The third-order valence-electron chi connectivity index (χ3n) is 4.04. The van der Waals surface area contributed by atoms with E-state index in [1.165, 1.54) is 18.6 Å². The predicted octanol–water partition coefficient (Wildman–Crippen LogP) is 3.23. The Balaban J connectivity index is 1.71. The van der Waals surface area contributed by atoms with Gasteiger partial charge < -0.3 is 10.2 Å². The standard InChI is InChI=1S/C16H17FN6/c17-11-4-6-12(7-5-11)19-14-13-10-18-22-15(13)21-16(20-14)23-8-2-1-3-9-23/h4-7,10H,1-3,8-9H2,(H2,18,19,20,21,22). The van der Waals surface area contributed by atoms with E-state index in [-0.39, 0.29) is 5.82 Å². The lowest BCUT2D eigenvalue weighted by Crippen LogP contribution is -2.31. The van der Waals surface area contributed by atoms with E-state index in [1.54, 1.807) is 18.3 Å². The Bertz CT molecular complexity index is 807. The number of H-pyrrole nitrogens is 1. The molecule has 0 spiro atoms. The molecule has 118 valence electrons. The van der Waals surface area contributed by atoms with Gasteiger partial charge in [-0.1, -0.05) is 0 Å². The van der Waals surface area contributed by atoms with Crippen LogP contribution in [0, 0.1) is 5.82 Å². The number of hydrogen-bond acceptors (Lipinski definition) is 5. The van der Waals surface area contributed by atoms with Gasteiger partial charge in [0.05, 0.1) is 11.6 Å². The van der Waals surface area contributed by atoms with Crippen molar-refractivity contribution < 1.29 is 4.39 Å². The molecule has 1 aliphatic rings. The van der Waals surface area contributed by atoms with Crippen molar-refractivity contribution in [3.63, 3.8) is 0 Å². The van der Waals surface area contributed by atoms with Gasteiger partial charge in [-0.3, -0.25) is 5.10 Å². The summed E-state index contributed by atoms with van der Waals surface area (Å²) in [6, 6.07) is 6.21. The summed E-state index contributed by atoms with van der Waals surface area (Å²) >= 11 is 0. The Labute approximate surface area is 132 Å². The van der Waals surface area contributed by atoms with E-state index in [0.29, 0.717) is 17.4 Å². The number of fused-ring (bicyclic) bond motifs is 1. The fourth-order valence-corrected chi connectivity index (χ4v) is 2.82. The van der Waals surface area contributed by atoms with E-state index >= 15 is 0 Å². The molecule has 0 radical (unpaired) electrons. The van der Waals surface area contributed by atoms with Crippen molar-refractivity contribution >= 4 is 28.5 Å². The monoisotopic (exact) mass is 312 g/mol. The van der Waals surface area contributed by atoms with Crippen LogP contribution in [0.15, 0.2) is 30.5 Å². The van der Waals surface area contributed by atoms with Gasteiger partial charge in [0, 0.05) is 18.8 Å². The molecule has 1 saturated heterocycles. The summed E-state index contributed by atoms with van der Waals surface area (Å²) in [5.74, 6) is 1.11. The Morgan fingerprint density at radius 1 is 1.04 bits per heavy atom. The molecular formula is C16H17FN6. The lowest BCUT2D eigenvalue weighted by Gasteiger charge is -2.26. The smallest absolute Gasteiger partial charge is 0.229 e. The minimum Gasteiger partial charge on any atom is -0.341 e. The van der Waals surface area contributed by atoms with Gasteiger partial charge in [0.25, 0.3) is 0 Å². The molecule has 0 atom stereocenters. The SMILES string of the molecule is Fc1ccc(Nc2nc(N3CCCCC3)nc3[nH]ncc23)cc1. The highest BCUT2D eigenvalue weighted by Gasteiger charge is 2.17. The Hall–Kier alpha value is -2.70. The molecule has 3 heterocycles. The van der Waals surface area contributed by atoms with Gasteiger partial charge in [0.2, 0.25) is 5.95 Å². The van der Waals surface area contributed by atoms with E-state index in [0.717, 1.165) is 37.0 Å². The second kappa shape index (κ2) is 5.83. The van der Waals surface area contributed by atoms with Crippen molar-refractivity contribution in [3.8, 4) is 0 Å². The quantitative estimate of drug-likeness (QED) is 0.777. The van der Waals surface area contributed by atoms with Crippen LogP contribution < -0.4 is 10.2 Å². The van der Waals surface area contributed by atoms with Crippen LogP contribution >= 0.6 is 0 Å². The van der Waals surface area contributed by atoms with Crippen molar-refractivity contribution in [1.82, 2.24) is 20.2 Å². The molecule has 7 heteroatoms. The van der Waals surface area contributed by atoms with Crippen LogP contribution in [-0.2, 0) is 0 Å². The topological polar surface area (TPSA) is 69.7 Å². The summed E-state index contributed by atoms with van der Waals surface area (Å²) in [6.07, 6.45) is 5.26. The molecule has 1 aliphatic heterocycles. The number of rotatable bonds is 3. The zero-order chi connectivity index (χ0) is 15.6. The second-order valence-corrected chi connectivity index (χ2v) is 5.68. The molecule has 1 fully saturated rings. The van der Waals surface area contributed by atoms with Crippen molar-refractivity contribution in [3.05, 3.63) is 36.3 Å². The number of benzene rings is 1. The molecule has 3 aromatic rings. The summed E-state index contributed by atoms with van der Waals surface area (Å²) in [6.45, 7) is 1.94.